The van der Waals surface area contributed by atoms with E-state index >= 15 is 0 Å². The molecule has 0 heterocycles. The number of halogens is 2. The summed E-state index contributed by atoms with van der Waals surface area (Å²) in [5.41, 5.74) is 6.19. The van der Waals surface area contributed by atoms with Gasteiger partial charge in [0.15, 0.2) is 0 Å². The van der Waals surface area contributed by atoms with Gasteiger partial charge < -0.3 is 5.73 Å². The lowest BCUT2D eigenvalue weighted by atomic mass is 10.2. The first-order chi connectivity index (χ1) is 6.09. The van der Waals surface area contributed by atoms with Gasteiger partial charge in [-0.25, -0.2) is 0 Å². The molecule has 3 heteroatoms. The average molecular weight is 214 g/mol. The molecule has 1 nitrogen and oxygen atoms in total. The van der Waals surface area contributed by atoms with Gasteiger partial charge in [0, 0.05) is 10.6 Å². The topological polar surface area (TPSA) is 26.0 Å². The van der Waals surface area contributed by atoms with Crippen LogP contribution in [0.5, 0.6) is 0 Å². The first-order valence-corrected chi connectivity index (χ1v) is 4.57. The van der Waals surface area contributed by atoms with E-state index in [1.54, 1.807) is 18.2 Å². The summed E-state index contributed by atoms with van der Waals surface area (Å²) in [4.78, 5) is 0. The van der Waals surface area contributed by atoms with Gasteiger partial charge in [0.1, 0.15) is 0 Å². The largest absolute Gasteiger partial charge is 0.318 e. The van der Waals surface area contributed by atoms with Crippen molar-refractivity contribution in [3.63, 3.8) is 0 Å². The normalized spacial score (nSPS) is 11.7. The van der Waals surface area contributed by atoms with Gasteiger partial charge in [-0.1, -0.05) is 35.0 Å². The summed E-state index contributed by atoms with van der Waals surface area (Å²) in [7, 11) is 0. The highest BCUT2D eigenvalue weighted by atomic mass is 35.5. The molecule has 0 aliphatic rings. The minimum Gasteiger partial charge on any atom is -0.318 e. The molecule has 13 heavy (non-hydrogen) atoms. The average Bonchev–Trinajstić information content (AvgIpc) is 2.06. The predicted molar refractivity (Wildman–Crippen MR) is 57.0 cm³/mol. The van der Waals surface area contributed by atoms with E-state index in [4.69, 9.17) is 28.9 Å². The highest BCUT2D eigenvalue weighted by Gasteiger charge is 1.97. The number of hydrogen-bond donors (Lipinski definition) is 1. The van der Waals surface area contributed by atoms with Crippen molar-refractivity contribution in [1.29, 1.82) is 0 Å². The molecular weight excluding hydrogens is 205 g/mol. The van der Waals surface area contributed by atoms with Crippen LogP contribution in [-0.4, -0.2) is 6.04 Å². The molecule has 1 atom stereocenters. The van der Waals surface area contributed by atoms with E-state index in [0.29, 0.717) is 15.6 Å². The molecule has 0 aromatic heterocycles. The molecule has 68 valence electrons. The number of benzene rings is 1. The van der Waals surface area contributed by atoms with Crippen LogP contribution in [-0.2, 0) is 0 Å². The molecule has 1 unspecified atom stereocenters. The summed E-state index contributed by atoms with van der Waals surface area (Å²) >= 11 is 11.7. The summed E-state index contributed by atoms with van der Waals surface area (Å²) in [6.07, 6.45) is 0. The summed E-state index contributed by atoms with van der Waals surface area (Å²) in [5, 5.41) is 1.22. The predicted octanol–water partition coefficient (Wildman–Crippen LogP) is 2.69. The molecule has 0 spiro atoms. The van der Waals surface area contributed by atoms with Crippen molar-refractivity contribution < 1.29 is 0 Å². The summed E-state index contributed by atoms with van der Waals surface area (Å²) in [6.45, 7) is 1.81. The monoisotopic (exact) mass is 213 g/mol. The molecule has 0 fully saturated rings. The van der Waals surface area contributed by atoms with Gasteiger partial charge in [0.05, 0.1) is 11.1 Å². The fourth-order valence-corrected chi connectivity index (χ4v) is 1.12. The van der Waals surface area contributed by atoms with E-state index in [1.807, 2.05) is 6.92 Å². The van der Waals surface area contributed by atoms with E-state index in [9.17, 15) is 0 Å². The smallest absolute Gasteiger partial charge is 0.0639 e. The zero-order chi connectivity index (χ0) is 9.84. The molecular formula is C10H9Cl2N. The first kappa shape index (κ1) is 10.4. The van der Waals surface area contributed by atoms with E-state index in [0.717, 1.165) is 0 Å². The lowest BCUT2D eigenvalue weighted by molar-refractivity contribution is 0.959. The Morgan fingerprint density at radius 2 is 2.08 bits per heavy atom. The second-order valence-corrected chi connectivity index (χ2v) is 3.53. The third-order valence-electron chi connectivity index (χ3n) is 1.36. The van der Waals surface area contributed by atoms with Crippen molar-refractivity contribution in [3.8, 4) is 11.8 Å². The maximum Gasteiger partial charge on any atom is 0.0639 e. The van der Waals surface area contributed by atoms with E-state index in [2.05, 4.69) is 11.8 Å². The molecule has 1 rings (SSSR count). The summed E-state index contributed by atoms with van der Waals surface area (Å²) in [5.74, 6) is 5.68. The van der Waals surface area contributed by atoms with Crippen LogP contribution in [0.1, 0.15) is 12.5 Å². The molecule has 0 saturated heterocycles. The molecule has 0 saturated carbocycles. The fourth-order valence-electron chi connectivity index (χ4n) is 0.785. The molecule has 0 aliphatic heterocycles. The Labute approximate surface area is 87.8 Å². The van der Waals surface area contributed by atoms with E-state index in [1.165, 1.54) is 0 Å². The SMILES string of the molecule is CC(N)C#Cc1cc(Cl)ccc1Cl. The molecule has 2 N–H and O–H groups in total. The van der Waals surface area contributed by atoms with Gasteiger partial charge in [-0.2, -0.15) is 0 Å². The quantitative estimate of drug-likeness (QED) is 0.660. The molecule has 1 aromatic rings. The Morgan fingerprint density at radius 3 is 2.69 bits per heavy atom. The van der Waals surface area contributed by atoms with Gasteiger partial charge in [-0.15, -0.1) is 0 Å². The van der Waals surface area contributed by atoms with Crippen LogP contribution in [0.2, 0.25) is 10.0 Å². The molecule has 0 bridgehead atoms. The Bertz CT molecular complexity index is 361. The van der Waals surface area contributed by atoms with E-state index < -0.39 is 0 Å². The van der Waals surface area contributed by atoms with Crippen LogP contribution in [0.4, 0.5) is 0 Å². The Hall–Kier alpha value is -0.680. The molecule has 0 radical (unpaired) electrons. The number of nitrogens with two attached hydrogens (primary N) is 1. The minimum atomic E-state index is -0.157. The third kappa shape index (κ3) is 3.28. The standard InChI is InChI=1S/C10H9Cl2N/c1-7(13)2-3-8-6-9(11)4-5-10(8)12/h4-7H,13H2,1H3. The summed E-state index contributed by atoms with van der Waals surface area (Å²) < 4.78 is 0. The second-order valence-electron chi connectivity index (χ2n) is 2.68. The van der Waals surface area contributed by atoms with Crippen molar-refractivity contribution in [2.75, 3.05) is 0 Å². The lowest BCUT2D eigenvalue weighted by Gasteiger charge is -1.96. The zero-order valence-electron chi connectivity index (χ0n) is 7.14. The van der Waals surface area contributed by atoms with Crippen LogP contribution in [0, 0.1) is 11.8 Å². The lowest BCUT2D eigenvalue weighted by Crippen LogP contribution is -2.10. The first-order valence-electron chi connectivity index (χ1n) is 3.82. The van der Waals surface area contributed by atoms with Gasteiger partial charge in [0.2, 0.25) is 0 Å². The van der Waals surface area contributed by atoms with Crippen LogP contribution in [0.25, 0.3) is 0 Å². The van der Waals surface area contributed by atoms with Crippen molar-refractivity contribution >= 4 is 23.2 Å². The number of hydrogen-bond acceptors (Lipinski definition) is 1. The second kappa shape index (κ2) is 4.53. The minimum absolute atomic E-state index is 0.157. The maximum atomic E-state index is 5.88. The Kier molecular flexibility index (Phi) is 3.62. The van der Waals surface area contributed by atoms with Crippen LogP contribution >= 0.6 is 23.2 Å². The zero-order valence-corrected chi connectivity index (χ0v) is 8.65. The van der Waals surface area contributed by atoms with Crippen LogP contribution < -0.4 is 5.73 Å². The molecule has 0 aliphatic carbocycles. The van der Waals surface area contributed by atoms with Crippen molar-refractivity contribution in [3.05, 3.63) is 33.8 Å². The van der Waals surface area contributed by atoms with Gasteiger partial charge >= 0.3 is 0 Å². The van der Waals surface area contributed by atoms with Crippen molar-refractivity contribution in [2.24, 2.45) is 5.73 Å². The van der Waals surface area contributed by atoms with Crippen LogP contribution in [0.15, 0.2) is 18.2 Å². The number of rotatable bonds is 0. The van der Waals surface area contributed by atoms with Gasteiger partial charge in [-0.05, 0) is 25.1 Å². The van der Waals surface area contributed by atoms with Gasteiger partial charge in [-0.3, -0.25) is 0 Å². The van der Waals surface area contributed by atoms with Gasteiger partial charge in [0.25, 0.3) is 0 Å². The molecule has 1 aromatic carbocycles. The fraction of sp³-hybridized carbons (Fsp3) is 0.200. The highest BCUT2D eigenvalue weighted by molar-refractivity contribution is 6.33. The third-order valence-corrected chi connectivity index (χ3v) is 1.93. The maximum absolute atomic E-state index is 5.88. The van der Waals surface area contributed by atoms with E-state index in [-0.39, 0.29) is 6.04 Å². The van der Waals surface area contributed by atoms with Crippen molar-refractivity contribution in [1.82, 2.24) is 0 Å². The Balaban J connectivity index is 3.02. The summed E-state index contributed by atoms with van der Waals surface area (Å²) in [6, 6.07) is 5.00. The van der Waals surface area contributed by atoms with Crippen LogP contribution in [0.3, 0.4) is 0 Å². The van der Waals surface area contributed by atoms with Crippen molar-refractivity contribution in [2.45, 2.75) is 13.0 Å². The Morgan fingerprint density at radius 1 is 1.38 bits per heavy atom. The molecule has 0 amide bonds. The highest BCUT2D eigenvalue weighted by Crippen LogP contribution is 2.19.